The number of anilines is 1. The second-order valence-corrected chi connectivity index (χ2v) is 5.62. The van der Waals surface area contributed by atoms with Gasteiger partial charge in [0, 0.05) is 11.6 Å². The highest BCUT2D eigenvalue weighted by Crippen LogP contribution is 2.36. The number of hydrogen-bond donors (Lipinski definition) is 1. The number of methoxy groups -OCH3 is 1. The number of nitrogens with zero attached hydrogens (tertiary/aromatic N) is 3. The normalized spacial score (nSPS) is 18.1. The number of nitrogens with one attached hydrogen (secondary N) is 1. The molecule has 0 saturated carbocycles. The molecule has 1 aliphatic rings. The van der Waals surface area contributed by atoms with Crippen LogP contribution >= 0.6 is 0 Å². The first-order chi connectivity index (χ1) is 11.2. The molecule has 2 aromatic rings. The number of benzene rings is 1. The molecule has 7 nitrogen and oxygen atoms in total. The summed E-state index contributed by atoms with van der Waals surface area (Å²) in [6.45, 7) is 2.92. The minimum Gasteiger partial charge on any atom is -0.496 e. The maximum absolute atomic E-state index is 12.3. The van der Waals surface area contributed by atoms with Gasteiger partial charge >= 0.3 is 0 Å². The zero-order chi connectivity index (χ0) is 16.2. The average molecular weight is 316 g/mol. The first kappa shape index (κ1) is 15.5. The molecule has 1 aliphatic heterocycles. The number of carbonyl (C=O) groups excluding carboxylic acids is 1. The Bertz CT molecular complexity index is 685. The Morgan fingerprint density at radius 3 is 3.00 bits per heavy atom. The molecule has 1 N–H and O–H groups in total. The quantitative estimate of drug-likeness (QED) is 0.910. The van der Waals surface area contributed by atoms with Gasteiger partial charge in [-0.3, -0.25) is 9.69 Å². The Kier molecular flexibility index (Phi) is 4.57. The molecule has 23 heavy (non-hydrogen) atoms. The minimum atomic E-state index is -0.120. The van der Waals surface area contributed by atoms with Crippen molar-refractivity contribution in [1.82, 2.24) is 15.2 Å². The molecular weight excluding hydrogens is 296 g/mol. The van der Waals surface area contributed by atoms with Gasteiger partial charge in [-0.2, -0.15) is 0 Å². The predicted octanol–water partition coefficient (Wildman–Crippen LogP) is 2.16. The molecule has 1 fully saturated rings. The summed E-state index contributed by atoms with van der Waals surface area (Å²) in [5.41, 5.74) is 1.70. The third-order valence-electron chi connectivity index (χ3n) is 4.12. The molecule has 0 radical (unpaired) electrons. The van der Waals surface area contributed by atoms with E-state index in [4.69, 9.17) is 4.74 Å². The Balaban J connectivity index is 1.69. The largest absolute Gasteiger partial charge is 0.496 e. The molecule has 1 aromatic heterocycles. The Morgan fingerprint density at radius 2 is 2.26 bits per heavy atom. The molecule has 0 bridgehead atoms. The highest BCUT2D eigenvalue weighted by atomic mass is 16.6. The van der Waals surface area contributed by atoms with Crippen LogP contribution in [0.25, 0.3) is 0 Å². The van der Waals surface area contributed by atoms with Gasteiger partial charge in [0.2, 0.25) is 5.91 Å². The van der Waals surface area contributed by atoms with Crippen molar-refractivity contribution in [2.75, 3.05) is 25.5 Å². The number of likely N-dealkylation sites (tertiary alicyclic amines) is 1. The molecule has 1 saturated heterocycles. The molecule has 3 rings (SSSR count). The number of para-hydroxylation sites is 1. The highest BCUT2D eigenvalue weighted by Gasteiger charge is 2.29. The highest BCUT2D eigenvalue weighted by molar-refractivity contribution is 5.91. The number of carbonyl (C=O) groups is 1. The van der Waals surface area contributed by atoms with E-state index in [9.17, 15) is 4.79 Å². The molecule has 1 atom stereocenters. The lowest BCUT2D eigenvalue weighted by molar-refractivity contribution is -0.117. The molecule has 2 heterocycles. The fourth-order valence-corrected chi connectivity index (χ4v) is 3.01. The molecule has 1 amide bonds. The number of hydrogen-bond acceptors (Lipinski definition) is 6. The third kappa shape index (κ3) is 3.34. The van der Waals surface area contributed by atoms with Gasteiger partial charge in [-0.05, 0) is 37.5 Å². The smallest absolute Gasteiger partial charge is 0.239 e. The fraction of sp³-hybridized carbons (Fsp3) is 0.438. The summed E-state index contributed by atoms with van der Waals surface area (Å²) in [6, 6.07) is 8.16. The van der Waals surface area contributed by atoms with Crippen LogP contribution in [0, 0.1) is 6.92 Å². The van der Waals surface area contributed by atoms with Gasteiger partial charge in [0.25, 0.3) is 0 Å². The van der Waals surface area contributed by atoms with E-state index in [0.29, 0.717) is 18.1 Å². The third-order valence-corrected chi connectivity index (χ3v) is 4.12. The Hall–Kier alpha value is -2.41. The van der Waals surface area contributed by atoms with Gasteiger partial charge in [-0.15, -0.1) is 0 Å². The maximum atomic E-state index is 12.3. The van der Waals surface area contributed by atoms with Crippen molar-refractivity contribution < 1.29 is 14.2 Å². The van der Waals surface area contributed by atoms with Gasteiger partial charge in [0.1, 0.15) is 11.4 Å². The van der Waals surface area contributed by atoms with E-state index in [1.165, 1.54) is 0 Å². The summed E-state index contributed by atoms with van der Waals surface area (Å²) < 4.78 is 10.0. The monoisotopic (exact) mass is 316 g/mol. The number of ether oxygens (including phenoxy) is 1. The molecule has 7 heteroatoms. The van der Waals surface area contributed by atoms with E-state index >= 15 is 0 Å². The van der Waals surface area contributed by atoms with Gasteiger partial charge in [0.05, 0.1) is 13.7 Å². The predicted molar refractivity (Wildman–Crippen MR) is 84.2 cm³/mol. The van der Waals surface area contributed by atoms with Crippen molar-refractivity contribution in [3.05, 3.63) is 35.5 Å². The number of amides is 1. The van der Waals surface area contributed by atoms with E-state index < -0.39 is 0 Å². The van der Waals surface area contributed by atoms with Crippen molar-refractivity contribution in [3.63, 3.8) is 0 Å². The van der Waals surface area contributed by atoms with Crippen molar-refractivity contribution >= 4 is 11.7 Å². The van der Waals surface area contributed by atoms with Gasteiger partial charge in [-0.25, -0.2) is 4.63 Å². The average Bonchev–Trinajstić information content (AvgIpc) is 3.17. The van der Waals surface area contributed by atoms with Crippen molar-refractivity contribution in [2.45, 2.75) is 25.8 Å². The molecule has 1 unspecified atom stereocenters. The van der Waals surface area contributed by atoms with Crippen LogP contribution in [0.1, 0.15) is 30.1 Å². The summed E-state index contributed by atoms with van der Waals surface area (Å²) in [5, 5.41) is 10.1. The van der Waals surface area contributed by atoms with Crippen molar-refractivity contribution in [3.8, 4) is 5.75 Å². The molecule has 1 aromatic carbocycles. The van der Waals surface area contributed by atoms with Crippen LogP contribution in [0.4, 0.5) is 5.82 Å². The van der Waals surface area contributed by atoms with Crippen LogP contribution < -0.4 is 10.1 Å². The summed E-state index contributed by atoms with van der Waals surface area (Å²) >= 11 is 0. The zero-order valence-corrected chi connectivity index (χ0v) is 13.3. The number of rotatable bonds is 5. The Labute approximate surface area is 134 Å². The van der Waals surface area contributed by atoms with Crippen LogP contribution in [0.2, 0.25) is 0 Å². The van der Waals surface area contributed by atoms with Crippen LogP contribution in [0.3, 0.4) is 0 Å². The van der Waals surface area contributed by atoms with Gasteiger partial charge in [0.15, 0.2) is 5.82 Å². The lowest BCUT2D eigenvalue weighted by atomic mass is 10.0. The molecule has 122 valence electrons. The summed E-state index contributed by atoms with van der Waals surface area (Å²) in [6.07, 6.45) is 2.07. The van der Waals surface area contributed by atoms with Crippen LogP contribution in [-0.4, -0.2) is 41.3 Å². The summed E-state index contributed by atoms with van der Waals surface area (Å²) in [4.78, 5) is 14.4. The second kappa shape index (κ2) is 6.78. The molecule has 0 spiro atoms. The first-order valence-corrected chi connectivity index (χ1v) is 7.65. The van der Waals surface area contributed by atoms with Crippen LogP contribution in [-0.2, 0) is 4.79 Å². The number of aryl methyl sites for hydroxylation is 1. The fourth-order valence-electron chi connectivity index (χ4n) is 3.01. The SMILES string of the molecule is COc1ccccc1C1CCCN1CC(=O)Nc1nonc1C. The van der Waals surface area contributed by atoms with Gasteiger partial charge < -0.3 is 10.1 Å². The lowest BCUT2D eigenvalue weighted by Crippen LogP contribution is -2.33. The van der Waals surface area contributed by atoms with Crippen molar-refractivity contribution in [1.29, 1.82) is 0 Å². The second-order valence-electron chi connectivity index (χ2n) is 5.62. The van der Waals surface area contributed by atoms with E-state index in [1.54, 1.807) is 14.0 Å². The van der Waals surface area contributed by atoms with E-state index in [2.05, 4.69) is 31.2 Å². The molecule has 0 aliphatic carbocycles. The zero-order valence-electron chi connectivity index (χ0n) is 13.3. The van der Waals surface area contributed by atoms with E-state index in [1.807, 2.05) is 18.2 Å². The van der Waals surface area contributed by atoms with Crippen molar-refractivity contribution in [2.24, 2.45) is 0 Å². The van der Waals surface area contributed by atoms with E-state index in [0.717, 1.165) is 30.7 Å². The van der Waals surface area contributed by atoms with Crippen LogP contribution in [0.5, 0.6) is 5.75 Å². The first-order valence-electron chi connectivity index (χ1n) is 7.65. The van der Waals surface area contributed by atoms with E-state index in [-0.39, 0.29) is 11.9 Å². The summed E-state index contributed by atoms with van der Waals surface area (Å²) in [5.74, 6) is 1.12. The van der Waals surface area contributed by atoms with Crippen LogP contribution in [0.15, 0.2) is 28.9 Å². The Morgan fingerprint density at radius 1 is 1.43 bits per heavy atom. The summed E-state index contributed by atoms with van der Waals surface area (Å²) in [7, 11) is 1.67. The lowest BCUT2D eigenvalue weighted by Gasteiger charge is -2.25. The maximum Gasteiger partial charge on any atom is 0.239 e. The minimum absolute atomic E-state index is 0.120. The van der Waals surface area contributed by atoms with Gasteiger partial charge in [-0.1, -0.05) is 23.4 Å². The topological polar surface area (TPSA) is 80.5 Å². The standard InChI is InChI=1S/C16H20N4O3/c1-11-16(19-23-18-11)17-15(21)10-20-9-5-7-13(20)12-6-3-4-8-14(12)22-2/h3-4,6,8,13H,5,7,9-10H2,1-2H3,(H,17,19,21). The molecular formula is C16H20N4O3. The number of aromatic nitrogens is 2.